The largest absolute Gasteiger partial charge is 0.399 e. The van der Waals surface area contributed by atoms with Crippen LogP contribution in [0.25, 0.3) is 11.0 Å². The van der Waals surface area contributed by atoms with Crippen molar-refractivity contribution in [3.8, 4) is 0 Å². The first-order valence-electron chi connectivity index (χ1n) is 4.87. The number of anilines is 1. The summed E-state index contributed by atoms with van der Waals surface area (Å²) < 4.78 is 0. The number of rotatable bonds is 4. The Morgan fingerprint density at radius 3 is 3.07 bits per heavy atom. The average molecular weight is 222 g/mol. The smallest absolute Gasteiger partial charge is 0.166 e. The third-order valence-corrected chi connectivity index (χ3v) is 3.03. The third-order valence-electron chi connectivity index (χ3n) is 2.07. The summed E-state index contributed by atoms with van der Waals surface area (Å²) in [6, 6.07) is 5.68. The monoisotopic (exact) mass is 222 g/mol. The van der Waals surface area contributed by atoms with Gasteiger partial charge in [0.1, 0.15) is 0 Å². The molecule has 0 radical (unpaired) electrons. The SMILES string of the molecule is NCCCSc1nc2ccc(N)cc2[nH]1. The van der Waals surface area contributed by atoms with E-state index < -0.39 is 0 Å². The van der Waals surface area contributed by atoms with Crippen molar-refractivity contribution < 1.29 is 0 Å². The Hall–Kier alpha value is -1.20. The van der Waals surface area contributed by atoms with Crippen LogP contribution in [0.4, 0.5) is 5.69 Å². The van der Waals surface area contributed by atoms with E-state index in [0.717, 1.165) is 40.6 Å². The fourth-order valence-electron chi connectivity index (χ4n) is 1.32. The highest BCUT2D eigenvalue weighted by atomic mass is 32.2. The number of imidazole rings is 1. The van der Waals surface area contributed by atoms with E-state index in [1.807, 2.05) is 18.2 Å². The molecule has 1 aromatic carbocycles. The first kappa shape index (κ1) is 10.3. The van der Waals surface area contributed by atoms with E-state index in [2.05, 4.69) is 9.97 Å². The summed E-state index contributed by atoms with van der Waals surface area (Å²) in [5.74, 6) is 0.992. The fraction of sp³-hybridized carbons (Fsp3) is 0.300. The molecule has 0 spiro atoms. The molecule has 0 atom stereocenters. The van der Waals surface area contributed by atoms with Gasteiger partial charge in [0, 0.05) is 11.4 Å². The lowest BCUT2D eigenvalue weighted by Crippen LogP contribution is -1.99. The first-order chi connectivity index (χ1) is 7.29. The van der Waals surface area contributed by atoms with Crippen molar-refractivity contribution in [3.05, 3.63) is 18.2 Å². The molecule has 2 rings (SSSR count). The van der Waals surface area contributed by atoms with Gasteiger partial charge in [-0.2, -0.15) is 0 Å². The lowest BCUT2D eigenvalue weighted by molar-refractivity contribution is 0.938. The normalized spacial score (nSPS) is 11.0. The topological polar surface area (TPSA) is 80.7 Å². The number of aromatic amines is 1. The molecule has 1 heterocycles. The highest BCUT2D eigenvalue weighted by Crippen LogP contribution is 2.21. The van der Waals surface area contributed by atoms with Crippen molar-refractivity contribution in [3.63, 3.8) is 0 Å². The number of thioether (sulfide) groups is 1. The zero-order valence-electron chi connectivity index (χ0n) is 8.36. The van der Waals surface area contributed by atoms with E-state index in [1.165, 1.54) is 0 Å². The molecule has 0 aliphatic carbocycles. The van der Waals surface area contributed by atoms with Crippen LogP contribution in [0.3, 0.4) is 0 Å². The molecule has 80 valence electrons. The maximum atomic E-state index is 5.68. The first-order valence-corrected chi connectivity index (χ1v) is 5.86. The van der Waals surface area contributed by atoms with Gasteiger partial charge in [-0.25, -0.2) is 4.98 Å². The van der Waals surface area contributed by atoms with Crippen LogP contribution in [-0.2, 0) is 0 Å². The average Bonchev–Trinajstić information content (AvgIpc) is 2.60. The molecule has 5 N–H and O–H groups in total. The Morgan fingerprint density at radius 1 is 1.40 bits per heavy atom. The summed E-state index contributed by atoms with van der Waals surface area (Å²) in [5, 5.41) is 0.934. The zero-order chi connectivity index (χ0) is 10.7. The summed E-state index contributed by atoms with van der Waals surface area (Å²) in [6.07, 6.45) is 1.00. The number of fused-ring (bicyclic) bond motifs is 1. The molecule has 0 saturated heterocycles. The number of nitrogen functional groups attached to an aromatic ring is 1. The molecule has 2 aromatic rings. The van der Waals surface area contributed by atoms with Crippen molar-refractivity contribution in [2.45, 2.75) is 11.6 Å². The number of aromatic nitrogens is 2. The van der Waals surface area contributed by atoms with E-state index in [-0.39, 0.29) is 0 Å². The molecule has 0 saturated carbocycles. The summed E-state index contributed by atoms with van der Waals surface area (Å²) in [5.41, 5.74) is 13.8. The Balaban J connectivity index is 2.16. The molecule has 0 aliphatic heterocycles. The van der Waals surface area contributed by atoms with Crippen LogP contribution in [0, 0.1) is 0 Å². The van der Waals surface area contributed by atoms with Crippen LogP contribution in [-0.4, -0.2) is 22.3 Å². The predicted octanol–water partition coefficient (Wildman–Crippen LogP) is 1.59. The van der Waals surface area contributed by atoms with Gasteiger partial charge in [0.2, 0.25) is 0 Å². The predicted molar refractivity (Wildman–Crippen MR) is 64.9 cm³/mol. The molecular weight excluding hydrogens is 208 g/mol. The number of nitrogens with two attached hydrogens (primary N) is 2. The standard InChI is InChI=1S/C10H14N4S/c11-4-1-5-15-10-13-8-3-2-7(12)6-9(8)14-10/h2-3,6H,1,4-5,11-12H2,(H,13,14). The van der Waals surface area contributed by atoms with Gasteiger partial charge in [-0.05, 0) is 31.2 Å². The lowest BCUT2D eigenvalue weighted by Gasteiger charge is -1.93. The molecule has 5 heteroatoms. The second kappa shape index (κ2) is 4.55. The third kappa shape index (κ3) is 2.43. The quantitative estimate of drug-likeness (QED) is 0.417. The summed E-state index contributed by atoms with van der Waals surface area (Å²) in [6.45, 7) is 0.722. The minimum atomic E-state index is 0.722. The van der Waals surface area contributed by atoms with Crippen molar-refractivity contribution in [1.82, 2.24) is 9.97 Å². The van der Waals surface area contributed by atoms with Crippen LogP contribution >= 0.6 is 11.8 Å². The molecular formula is C10H14N4S. The van der Waals surface area contributed by atoms with E-state index in [9.17, 15) is 0 Å². The number of hydrogen-bond donors (Lipinski definition) is 3. The van der Waals surface area contributed by atoms with E-state index in [4.69, 9.17) is 11.5 Å². The van der Waals surface area contributed by atoms with Crippen LogP contribution in [0.1, 0.15) is 6.42 Å². The molecule has 0 amide bonds. The van der Waals surface area contributed by atoms with Gasteiger partial charge in [0.15, 0.2) is 5.16 Å². The fourth-order valence-corrected chi connectivity index (χ4v) is 2.17. The Kier molecular flexibility index (Phi) is 3.13. The summed E-state index contributed by atoms with van der Waals surface area (Å²) >= 11 is 1.69. The van der Waals surface area contributed by atoms with Gasteiger partial charge < -0.3 is 16.5 Å². The minimum Gasteiger partial charge on any atom is -0.399 e. The zero-order valence-corrected chi connectivity index (χ0v) is 9.18. The molecule has 4 nitrogen and oxygen atoms in total. The molecule has 0 unspecified atom stereocenters. The molecule has 0 fully saturated rings. The van der Waals surface area contributed by atoms with Crippen LogP contribution in [0.2, 0.25) is 0 Å². The lowest BCUT2D eigenvalue weighted by atomic mass is 10.3. The van der Waals surface area contributed by atoms with E-state index >= 15 is 0 Å². The van der Waals surface area contributed by atoms with Gasteiger partial charge in [0.05, 0.1) is 11.0 Å². The summed E-state index contributed by atoms with van der Waals surface area (Å²) in [4.78, 5) is 7.66. The Morgan fingerprint density at radius 2 is 2.27 bits per heavy atom. The number of H-pyrrole nitrogens is 1. The van der Waals surface area contributed by atoms with Gasteiger partial charge in [-0.15, -0.1) is 0 Å². The summed E-state index contributed by atoms with van der Waals surface area (Å²) in [7, 11) is 0. The van der Waals surface area contributed by atoms with Crippen LogP contribution in [0.5, 0.6) is 0 Å². The Labute approximate surface area is 92.4 Å². The van der Waals surface area contributed by atoms with Crippen molar-refractivity contribution >= 4 is 28.5 Å². The molecule has 1 aromatic heterocycles. The second-order valence-electron chi connectivity index (χ2n) is 3.31. The number of nitrogens with zero attached hydrogens (tertiary/aromatic N) is 1. The minimum absolute atomic E-state index is 0.722. The second-order valence-corrected chi connectivity index (χ2v) is 4.39. The van der Waals surface area contributed by atoms with Crippen molar-refractivity contribution in [2.24, 2.45) is 5.73 Å². The maximum absolute atomic E-state index is 5.68. The maximum Gasteiger partial charge on any atom is 0.166 e. The van der Waals surface area contributed by atoms with Gasteiger partial charge >= 0.3 is 0 Å². The van der Waals surface area contributed by atoms with Crippen molar-refractivity contribution in [1.29, 1.82) is 0 Å². The molecule has 15 heavy (non-hydrogen) atoms. The molecule has 0 aliphatic rings. The number of hydrogen-bond acceptors (Lipinski definition) is 4. The van der Waals surface area contributed by atoms with Crippen LogP contribution in [0.15, 0.2) is 23.4 Å². The van der Waals surface area contributed by atoms with E-state index in [0.29, 0.717) is 0 Å². The highest BCUT2D eigenvalue weighted by molar-refractivity contribution is 7.99. The van der Waals surface area contributed by atoms with Gasteiger partial charge in [-0.1, -0.05) is 11.8 Å². The van der Waals surface area contributed by atoms with E-state index in [1.54, 1.807) is 11.8 Å². The number of nitrogens with one attached hydrogen (secondary N) is 1. The van der Waals surface area contributed by atoms with Gasteiger partial charge in [0.25, 0.3) is 0 Å². The molecule has 0 bridgehead atoms. The van der Waals surface area contributed by atoms with Crippen molar-refractivity contribution in [2.75, 3.05) is 18.0 Å². The highest BCUT2D eigenvalue weighted by Gasteiger charge is 2.02. The Bertz CT molecular complexity index is 452. The van der Waals surface area contributed by atoms with Gasteiger partial charge in [-0.3, -0.25) is 0 Å². The van der Waals surface area contributed by atoms with Crippen LogP contribution < -0.4 is 11.5 Å². The number of benzene rings is 1.